The number of fused-ring (bicyclic) bond motifs is 2. The lowest BCUT2D eigenvalue weighted by Crippen LogP contribution is -2.53. The van der Waals surface area contributed by atoms with Gasteiger partial charge in [-0.3, -0.25) is 24.1 Å². The number of amides is 3. The molecule has 0 saturated carbocycles. The Kier molecular flexibility index (Phi) is 6.76. The molecule has 1 aromatic heterocycles. The number of carbonyl (C=O) groups excluding carboxylic acids is 4. The molecule has 0 radical (unpaired) electrons. The third-order valence-electron chi connectivity index (χ3n) is 5.47. The van der Waals surface area contributed by atoms with Gasteiger partial charge < -0.3 is 30.3 Å². The maximum absolute atomic E-state index is 13.4. The number of aliphatic carboxylic acids is 1. The van der Waals surface area contributed by atoms with Crippen LogP contribution in [0.25, 0.3) is 10.9 Å². The Morgan fingerprint density at radius 3 is 2.69 bits per heavy atom. The molecule has 2 aromatic carbocycles. The van der Waals surface area contributed by atoms with Gasteiger partial charge in [-0.25, -0.2) is 0 Å². The van der Waals surface area contributed by atoms with Crippen molar-refractivity contribution in [1.29, 1.82) is 0 Å². The van der Waals surface area contributed by atoms with Crippen LogP contribution in [-0.2, 0) is 19.2 Å². The fraction of sp³-hybridized carbons (Fsp3) is 0.208. The van der Waals surface area contributed by atoms with Crippen molar-refractivity contribution in [2.24, 2.45) is 0 Å². The van der Waals surface area contributed by atoms with E-state index >= 15 is 0 Å². The zero-order chi connectivity index (χ0) is 24.9. The predicted molar refractivity (Wildman–Crippen MR) is 124 cm³/mol. The monoisotopic (exact) mass is 478 g/mol. The average molecular weight is 478 g/mol. The summed E-state index contributed by atoms with van der Waals surface area (Å²) in [5.41, 5.74) is 1.41. The normalized spacial score (nSPS) is 15.9. The number of para-hydroxylation sites is 3. The number of ether oxygens (including phenoxy) is 1. The van der Waals surface area contributed by atoms with Gasteiger partial charge in [0.05, 0.1) is 23.7 Å². The highest BCUT2D eigenvalue weighted by atomic mass is 16.5. The van der Waals surface area contributed by atoms with Crippen molar-refractivity contribution in [3.05, 3.63) is 60.3 Å². The van der Waals surface area contributed by atoms with Gasteiger partial charge >= 0.3 is 5.97 Å². The number of benzene rings is 2. The number of carboxylic acid groups (broad SMARTS) is 1. The van der Waals surface area contributed by atoms with Crippen molar-refractivity contribution in [2.75, 3.05) is 18.1 Å². The molecule has 0 aliphatic carbocycles. The van der Waals surface area contributed by atoms with E-state index in [9.17, 15) is 24.0 Å². The van der Waals surface area contributed by atoms with Crippen LogP contribution in [0.15, 0.2) is 54.7 Å². The Hall–Kier alpha value is -4.67. The topological polar surface area (TPSA) is 158 Å². The summed E-state index contributed by atoms with van der Waals surface area (Å²) in [5, 5.41) is 14.6. The van der Waals surface area contributed by atoms with Crippen molar-refractivity contribution < 1.29 is 33.8 Å². The first-order valence-electron chi connectivity index (χ1n) is 10.7. The molecular formula is C24H22N4O7. The van der Waals surface area contributed by atoms with Gasteiger partial charge in [0.1, 0.15) is 31.2 Å². The number of aromatic amines is 1. The zero-order valence-corrected chi connectivity index (χ0v) is 18.4. The van der Waals surface area contributed by atoms with E-state index in [-0.39, 0.29) is 6.61 Å². The molecule has 0 saturated heterocycles. The van der Waals surface area contributed by atoms with Gasteiger partial charge in [-0.15, -0.1) is 0 Å². The summed E-state index contributed by atoms with van der Waals surface area (Å²) < 4.78 is 5.75. The number of aldehydes is 1. The van der Waals surface area contributed by atoms with Crippen LogP contribution in [0.5, 0.6) is 5.75 Å². The van der Waals surface area contributed by atoms with Gasteiger partial charge in [0.15, 0.2) is 0 Å². The number of hydrogen-bond donors (Lipinski definition) is 4. The number of aromatic nitrogens is 1. The molecule has 3 amide bonds. The molecule has 4 rings (SSSR count). The van der Waals surface area contributed by atoms with Gasteiger partial charge in [-0.05, 0) is 18.2 Å². The van der Waals surface area contributed by atoms with E-state index in [0.717, 1.165) is 10.4 Å². The molecule has 2 atom stereocenters. The van der Waals surface area contributed by atoms with Crippen LogP contribution in [0.3, 0.4) is 0 Å². The van der Waals surface area contributed by atoms with E-state index < -0.39 is 48.7 Å². The van der Waals surface area contributed by atoms with Gasteiger partial charge in [-0.1, -0.05) is 30.3 Å². The molecule has 1 aliphatic rings. The first kappa shape index (κ1) is 23.5. The molecule has 0 fully saturated rings. The summed E-state index contributed by atoms with van der Waals surface area (Å²) in [6, 6.07) is 11.4. The highest BCUT2D eigenvalue weighted by Gasteiger charge is 2.34. The van der Waals surface area contributed by atoms with Crippen molar-refractivity contribution in [1.82, 2.24) is 15.6 Å². The second-order valence-electron chi connectivity index (χ2n) is 7.89. The largest absolute Gasteiger partial charge is 0.489 e. The first-order chi connectivity index (χ1) is 16.9. The number of carboxylic acids is 1. The molecule has 180 valence electrons. The summed E-state index contributed by atoms with van der Waals surface area (Å²) in [4.78, 5) is 65.2. The number of anilines is 1. The summed E-state index contributed by atoms with van der Waals surface area (Å²) in [5.74, 6) is -2.77. The molecule has 4 N–H and O–H groups in total. The number of carbonyl (C=O) groups is 5. The Morgan fingerprint density at radius 2 is 1.91 bits per heavy atom. The lowest BCUT2D eigenvalue weighted by molar-refractivity contribution is -0.138. The van der Waals surface area contributed by atoms with Gasteiger partial charge in [0, 0.05) is 17.1 Å². The molecule has 2 heterocycles. The molecule has 3 aromatic rings. The smallest absolute Gasteiger partial charge is 0.305 e. The summed E-state index contributed by atoms with van der Waals surface area (Å²) in [7, 11) is 0. The van der Waals surface area contributed by atoms with Crippen LogP contribution in [-0.4, -0.2) is 65.3 Å². The number of H-pyrrole nitrogens is 1. The molecule has 1 aliphatic heterocycles. The highest BCUT2D eigenvalue weighted by Crippen LogP contribution is 2.31. The van der Waals surface area contributed by atoms with Crippen LogP contribution in [0.1, 0.15) is 16.8 Å². The first-order valence-corrected chi connectivity index (χ1v) is 10.7. The van der Waals surface area contributed by atoms with Crippen LogP contribution >= 0.6 is 0 Å². The maximum atomic E-state index is 13.4. The quantitative estimate of drug-likeness (QED) is 0.350. The standard InChI is InChI=1S/C24H22N4O7/c29-12-14(9-22(31)32)26-21(30)11-28-19-7-3-4-8-20(19)35-13-18(24(28)34)27-23(33)16-10-25-17-6-2-1-5-15(16)17/h1-8,10,12,14,18,25H,9,11,13H2,(H,26,30)(H,27,33)(H,31,32)/t14-,18-/m0/s1. The van der Waals surface area contributed by atoms with E-state index in [1.165, 1.54) is 0 Å². The highest BCUT2D eigenvalue weighted by molar-refractivity contribution is 6.10. The lowest BCUT2D eigenvalue weighted by atomic mass is 10.1. The maximum Gasteiger partial charge on any atom is 0.305 e. The van der Waals surface area contributed by atoms with Gasteiger partial charge in [0.2, 0.25) is 5.91 Å². The minimum atomic E-state index is -1.26. The van der Waals surface area contributed by atoms with Crippen molar-refractivity contribution in [3.63, 3.8) is 0 Å². The number of nitrogens with zero attached hydrogens (tertiary/aromatic N) is 1. The Balaban J connectivity index is 1.55. The van der Waals surface area contributed by atoms with Crippen LogP contribution in [0.2, 0.25) is 0 Å². The summed E-state index contributed by atoms with van der Waals surface area (Å²) in [6.45, 7) is -0.680. The molecule has 0 spiro atoms. The van der Waals surface area contributed by atoms with Crippen LogP contribution in [0.4, 0.5) is 5.69 Å². The Labute approximate surface area is 199 Å². The SMILES string of the molecule is O=C[C@H](CC(=O)O)NC(=O)CN1C(=O)[C@@H](NC(=O)c2c[nH]c3ccccc23)COc2ccccc21. The minimum absolute atomic E-state index is 0.169. The molecule has 35 heavy (non-hydrogen) atoms. The molecule has 11 nitrogen and oxygen atoms in total. The number of hydrogen-bond acceptors (Lipinski definition) is 6. The van der Waals surface area contributed by atoms with Gasteiger partial charge in [0.25, 0.3) is 11.8 Å². The third kappa shape index (κ3) is 5.13. The van der Waals surface area contributed by atoms with E-state index in [1.54, 1.807) is 42.6 Å². The van der Waals surface area contributed by atoms with Crippen molar-refractivity contribution >= 4 is 46.6 Å². The molecule has 0 bridgehead atoms. The molecule has 0 unspecified atom stereocenters. The average Bonchev–Trinajstić information content (AvgIpc) is 3.23. The third-order valence-corrected chi connectivity index (χ3v) is 5.47. The predicted octanol–water partition coefficient (Wildman–Crippen LogP) is 0.850. The fourth-order valence-corrected chi connectivity index (χ4v) is 3.83. The Bertz CT molecular complexity index is 1300. The molecular weight excluding hydrogens is 456 g/mol. The second-order valence-corrected chi connectivity index (χ2v) is 7.89. The second kappa shape index (κ2) is 10.1. The summed E-state index contributed by atoms with van der Waals surface area (Å²) in [6.07, 6.45) is 1.27. The van der Waals surface area contributed by atoms with Crippen molar-refractivity contribution in [2.45, 2.75) is 18.5 Å². The fourth-order valence-electron chi connectivity index (χ4n) is 3.83. The van der Waals surface area contributed by atoms with Crippen molar-refractivity contribution in [3.8, 4) is 5.75 Å². The number of rotatable bonds is 8. The number of nitrogens with one attached hydrogen (secondary N) is 3. The zero-order valence-electron chi connectivity index (χ0n) is 18.4. The van der Waals surface area contributed by atoms with E-state index in [1.807, 2.05) is 12.1 Å². The van der Waals surface area contributed by atoms with Gasteiger partial charge in [-0.2, -0.15) is 0 Å². The van der Waals surface area contributed by atoms with E-state index in [0.29, 0.717) is 28.7 Å². The Morgan fingerprint density at radius 1 is 1.17 bits per heavy atom. The van der Waals surface area contributed by atoms with Crippen LogP contribution < -0.4 is 20.3 Å². The van der Waals surface area contributed by atoms with E-state index in [2.05, 4.69) is 15.6 Å². The molecule has 11 heteroatoms. The van der Waals surface area contributed by atoms with E-state index in [4.69, 9.17) is 9.84 Å². The summed E-state index contributed by atoms with van der Waals surface area (Å²) >= 11 is 0. The minimum Gasteiger partial charge on any atom is -0.489 e. The lowest BCUT2D eigenvalue weighted by Gasteiger charge is -2.24. The van der Waals surface area contributed by atoms with Crippen LogP contribution in [0, 0.1) is 0 Å².